The number of sulfonamides is 1. The van der Waals surface area contributed by atoms with Crippen LogP contribution in [0.15, 0.2) is 39.8 Å². The van der Waals surface area contributed by atoms with E-state index in [1.165, 1.54) is 31.2 Å². The lowest BCUT2D eigenvalue weighted by atomic mass is 9.87. The molecule has 154 valence electrons. The van der Waals surface area contributed by atoms with E-state index in [0.717, 1.165) is 18.6 Å². The zero-order valence-electron chi connectivity index (χ0n) is 15.8. The van der Waals surface area contributed by atoms with E-state index >= 15 is 0 Å². The van der Waals surface area contributed by atoms with Gasteiger partial charge < -0.3 is 15.2 Å². The Balaban J connectivity index is 1.27. The Kier molecular flexibility index (Phi) is 5.13. The monoisotopic (exact) mass is 418 g/mol. The molecule has 10 heteroatoms. The average molecular weight is 418 g/mol. The summed E-state index contributed by atoms with van der Waals surface area (Å²) >= 11 is 0. The summed E-state index contributed by atoms with van der Waals surface area (Å²) in [5.74, 6) is 0.606. The number of hydrogen-bond donors (Lipinski definition) is 3. The Hall–Kier alpha value is -2.72. The Morgan fingerprint density at radius 1 is 1.10 bits per heavy atom. The highest BCUT2D eigenvalue weighted by atomic mass is 32.2. The second kappa shape index (κ2) is 7.60. The predicted octanol–water partition coefficient (Wildman–Crippen LogP) is 1.75. The van der Waals surface area contributed by atoms with Crippen LogP contribution in [0.3, 0.4) is 0 Å². The minimum atomic E-state index is -3.67. The summed E-state index contributed by atoms with van der Waals surface area (Å²) in [6, 6.07) is 7.26. The Bertz CT molecular complexity index is 1020. The molecule has 0 spiro atoms. The van der Waals surface area contributed by atoms with E-state index in [1.54, 1.807) is 6.07 Å². The van der Waals surface area contributed by atoms with Crippen molar-refractivity contribution in [3.63, 3.8) is 0 Å². The molecule has 1 heterocycles. The molecule has 0 aliphatic heterocycles. The van der Waals surface area contributed by atoms with Gasteiger partial charge in [-0.25, -0.2) is 13.1 Å². The molecule has 0 bridgehead atoms. The zero-order valence-corrected chi connectivity index (χ0v) is 16.7. The van der Waals surface area contributed by atoms with Crippen molar-refractivity contribution in [1.29, 1.82) is 0 Å². The molecule has 2 saturated carbocycles. The van der Waals surface area contributed by atoms with Crippen molar-refractivity contribution in [1.82, 2.24) is 15.2 Å². The van der Waals surface area contributed by atoms with Crippen LogP contribution in [0, 0.1) is 0 Å². The topological polar surface area (TPSA) is 130 Å². The Morgan fingerprint density at radius 2 is 1.79 bits per heavy atom. The van der Waals surface area contributed by atoms with Crippen LogP contribution >= 0.6 is 0 Å². The van der Waals surface area contributed by atoms with Crippen molar-refractivity contribution in [3.05, 3.63) is 41.8 Å². The second-order valence-corrected chi connectivity index (χ2v) is 9.27. The van der Waals surface area contributed by atoms with Gasteiger partial charge in [0, 0.05) is 36.7 Å². The molecule has 2 aromatic rings. The number of nitrogens with zero attached hydrogens (tertiary/aromatic N) is 1. The summed E-state index contributed by atoms with van der Waals surface area (Å²) in [6.45, 7) is 1.38. The first-order chi connectivity index (χ1) is 13.8. The van der Waals surface area contributed by atoms with Crippen molar-refractivity contribution in [2.24, 2.45) is 0 Å². The van der Waals surface area contributed by atoms with Gasteiger partial charge in [-0.15, -0.1) is 0 Å². The highest BCUT2D eigenvalue weighted by molar-refractivity contribution is 7.89. The average Bonchev–Trinajstić information content (AvgIpc) is 3.36. The third-order valence-electron chi connectivity index (χ3n) is 5.02. The van der Waals surface area contributed by atoms with Gasteiger partial charge in [-0.3, -0.25) is 9.59 Å². The minimum Gasteiger partial charge on any atom is -0.360 e. The highest BCUT2D eigenvalue weighted by Crippen LogP contribution is 2.40. The van der Waals surface area contributed by atoms with E-state index in [0.29, 0.717) is 24.4 Å². The van der Waals surface area contributed by atoms with Crippen LogP contribution in [0.4, 0.5) is 5.69 Å². The SMILES string of the molecule is CC(=O)Nc1ccc(S(=O)(=O)N[C@H]2C[C@@H](NC(=O)c3cc(C4CC4)on3)C2)cc1. The van der Waals surface area contributed by atoms with Crippen LogP contribution in [0.5, 0.6) is 0 Å². The van der Waals surface area contributed by atoms with Gasteiger partial charge in [0.05, 0.1) is 4.90 Å². The first kappa shape index (κ1) is 19.6. The van der Waals surface area contributed by atoms with Crippen molar-refractivity contribution in [2.75, 3.05) is 5.32 Å². The molecule has 3 N–H and O–H groups in total. The predicted molar refractivity (Wildman–Crippen MR) is 104 cm³/mol. The number of rotatable bonds is 7. The van der Waals surface area contributed by atoms with Gasteiger partial charge in [0.1, 0.15) is 5.76 Å². The molecule has 4 rings (SSSR count). The number of aromatic nitrogens is 1. The third-order valence-corrected chi connectivity index (χ3v) is 6.56. The normalized spacial score (nSPS) is 21.3. The first-order valence-electron chi connectivity index (χ1n) is 9.47. The maximum Gasteiger partial charge on any atom is 0.273 e. The zero-order chi connectivity index (χ0) is 20.6. The molecular weight excluding hydrogens is 396 g/mol. The number of amides is 2. The maximum atomic E-state index is 12.5. The van der Waals surface area contributed by atoms with Crippen LogP contribution in [-0.2, 0) is 14.8 Å². The number of carbonyl (C=O) groups excluding carboxylic acids is 2. The fourth-order valence-corrected chi connectivity index (χ4v) is 4.52. The molecule has 2 amide bonds. The molecule has 0 unspecified atom stereocenters. The van der Waals surface area contributed by atoms with Crippen molar-refractivity contribution >= 4 is 27.5 Å². The van der Waals surface area contributed by atoms with E-state index in [-0.39, 0.29) is 34.5 Å². The fourth-order valence-electron chi connectivity index (χ4n) is 3.26. The summed E-state index contributed by atoms with van der Waals surface area (Å²) in [5.41, 5.74) is 0.788. The molecule has 0 atom stereocenters. The molecule has 0 saturated heterocycles. The van der Waals surface area contributed by atoms with Crippen molar-refractivity contribution in [3.8, 4) is 0 Å². The van der Waals surface area contributed by atoms with Crippen LogP contribution in [-0.4, -0.2) is 37.5 Å². The summed E-state index contributed by atoms with van der Waals surface area (Å²) in [4.78, 5) is 23.4. The van der Waals surface area contributed by atoms with Gasteiger partial charge >= 0.3 is 0 Å². The van der Waals surface area contributed by atoms with Gasteiger partial charge in [-0.1, -0.05) is 5.16 Å². The fraction of sp³-hybridized carbons (Fsp3) is 0.421. The first-order valence-corrected chi connectivity index (χ1v) is 11.0. The number of nitrogens with one attached hydrogen (secondary N) is 3. The lowest BCUT2D eigenvalue weighted by Gasteiger charge is -2.35. The van der Waals surface area contributed by atoms with Gasteiger partial charge in [0.15, 0.2) is 5.69 Å². The van der Waals surface area contributed by atoms with E-state index < -0.39 is 10.0 Å². The molecule has 29 heavy (non-hydrogen) atoms. The lowest BCUT2D eigenvalue weighted by Crippen LogP contribution is -2.53. The van der Waals surface area contributed by atoms with Crippen molar-refractivity contribution < 1.29 is 22.5 Å². The van der Waals surface area contributed by atoms with Gasteiger partial charge in [0.2, 0.25) is 15.9 Å². The maximum absolute atomic E-state index is 12.5. The number of hydrogen-bond acceptors (Lipinski definition) is 6. The molecule has 2 aliphatic carbocycles. The van der Waals surface area contributed by atoms with Crippen LogP contribution in [0.1, 0.15) is 54.8 Å². The Labute approximate surface area is 168 Å². The third kappa shape index (κ3) is 4.65. The molecule has 2 fully saturated rings. The van der Waals surface area contributed by atoms with Crippen LogP contribution in [0.2, 0.25) is 0 Å². The van der Waals surface area contributed by atoms with Gasteiger partial charge in [0.25, 0.3) is 5.91 Å². The summed E-state index contributed by atoms with van der Waals surface area (Å²) < 4.78 is 32.8. The quantitative estimate of drug-likeness (QED) is 0.628. The number of carbonyl (C=O) groups is 2. The highest BCUT2D eigenvalue weighted by Gasteiger charge is 2.35. The van der Waals surface area contributed by atoms with Crippen molar-refractivity contribution in [2.45, 2.75) is 55.5 Å². The molecule has 1 aromatic carbocycles. The molecule has 9 nitrogen and oxygen atoms in total. The van der Waals surface area contributed by atoms with E-state index in [2.05, 4.69) is 20.5 Å². The van der Waals surface area contributed by atoms with Gasteiger partial charge in [-0.05, 0) is 49.9 Å². The van der Waals surface area contributed by atoms with Crippen LogP contribution < -0.4 is 15.4 Å². The molecule has 1 aromatic heterocycles. The minimum absolute atomic E-state index is 0.113. The second-order valence-electron chi connectivity index (χ2n) is 7.55. The number of anilines is 1. The standard InChI is InChI=1S/C19H22N4O5S/c1-11(24)20-13-4-6-16(7-5-13)29(26,27)23-15-8-14(9-15)21-19(25)17-10-18(28-22-17)12-2-3-12/h4-7,10,12,14-15,23H,2-3,8-9H2,1H3,(H,20,24)(H,21,25)/t14-,15+. The van der Waals surface area contributed by atoms with Gasteiger partial charge in [-0.2, -0.15) is 0 Å². The van der Waals surface area contributed by atoms with E-state index in [1.807, 2.05) is 0 Å². The largest absolute Gasteiger partial charge is 0.360 e. The molecular formula is C19H22N4O5S. The summed E-state index contributed by atoms with van der Waals surface area (Å²) in [5, 5.41) is 9.25. The van der Waals surface area contributed by atoms with E-state index in [9.17, 15) is 18.0 Å². The van der Waals surface area contributed by atoms with Crippen LogP contribution in [0.25, 0.3) is 0 Å². The number of benzene rings is 1. The summed E-state index contributed by atoms with van der Waals surface area (Å²) in [6.07, 6.45) is 3.14. The molecule has 2 aliphatic rings. The Morgan fingerprint density at radius 3 is 2.41 bits per heavy atom. The lowest BCUT2D eigenvalue weighted by molar-refractivity contribution is -0.114. The molecule has 0 radical (unpaired) electrons. The smallest absolute Gasteiger partial charge is 0.273 e. The van der Waals surface area contributed by atoms with E-state index in [4.69, 9.17) is 4.52 Å². The summed E-state index contributed by atoms with van der Waals surface area (Å²) in [7, 11) is -3.67.